The quantitative estimate of drug-likeness (QED) is 0.0857. The minimum Gasteiger partial charge on any atom is -0.392 e. The molecule has 0 radical (unpaired) electrons. The highest BCUT2D eigenvalue weighted by atomic mass is 16.3. The summed E-state index contributed by atoms with van der Waals surface area (Å²) in [5.74, 6) is -6.25. The third kappa shape index (κ3) is 9.84. The number of carbonyl (C=O) groups is 7. The number of aliphatic hydroxyl groups excluding tert-OH is 1. The van der Waals surface area contributed by atoms with Crippen molar-refractivity contribution < 1.29 is 38.7 Å². The van der Waals surface area contributed by atoms with Crippen LogP contribution >= 0.6 is 0 Å². The molecule has 10 atom stereocenters. The molecular weight excluding hydrogens is 859 g/mol. The van der Waals surface area contributed by atoms with Gasteiger partial charge < -0.3 is 50.1 Å². The molecule has 19 nitrogen and oxygen atoms in total. The Bertz CT molecular complexity index is 2310. The van der Waals surface area contributed by atoms with Gasteiger partial charge in [-0.15, -0.1) is 0 Å². The van der Waals surface area contributed by atoms with Gasteiger partial charge in [0.15, 0.2) is 0 Å². The zero-order valence-corrected chi connectivity index (χ0v) is 40.6. The summed E-state index contributed by atoms with van der Waals surface area (Å²) in [4.78, 5) is 108. The fourth-order valence-electron chi connectivity index (χ4n) is 12.3. The van der Waals surface area contributed by atoms with Gasteiger partial charge in [0.2, 0.25) is 41.4 Å². The van der Waals surface area contributed by atoms with Gasteiger partial charge in [-0.05, 0) is 70.6 Å². The Balaban J connectivity index is 2.00. The average molecular weight is 932 g/mol. The standard InChI is InChI=1S/C48H73N11O8/c1-23(60)22-55-38(67)16-17-45(6)29(18-35(52)64)43-48(9)47(8,21-37(54)66)28(12-15-34(51)63)40(59-48)25(3)42-46(7,20-36(53)65)26(10-13-32(49)61)30(56-42)19-31-44(4,5)27(11-14-33(50)62)39(57-31)24(2)41(45)58-43/h19,23,26-29,43,56,60H,10-18,20-22H2,1-9H3,(H2,49,61)(H2,50,62)(H2,51,63)(H2,52,64)(H2,53,65)(H2,54,66)(H,55,67)/b30-19-,39-24-,42-25-/t23?,26-,27-,28-,29+,43?,45-,46+,47+,48?/m1/s1. The van der Waals surface area contributed by atoms with Crippen molar-refractivity contribution in [1.29, 1.82) is 0 Å². The van der Waals surface area contributed by atoms with Gasteiger partial charge in [-0.25, -0.2) is 0 Å². The molecule has 15 N–H and O–H groups in total. The molecular formula is C48H73N11O8. The van der Waals surface area contributed by atoms with Gasteiger partial charge in [-0.2, -0.15) is 0 Å². The maximum absolute atomic E-state index is 13.5. The van der Waals surface area contributed by atoms with Crippen molar-refractivity contribution in [3.05, 3.63) is 34.3 Å². The number of hydrogen-bond acceptors (Lipinski definition) is 12. The Morgan fingerprint density at radius 1 is 0.731 bits per heavy atom. The molecule has 0 aromatic rings. The summed E-state index contributed by atoms with van der Waals surface area (Å²) >= 11 is 0. The van der Waals surface area contributed by atoms with Gasteiger partial charge in [0.05, 0.1) is 17.7 Å². The summed E-state index contributed by atoms with van der Waals surface area (Å²) in [7, 11) is 0. The SMILES string of the molecule is C/C1=C2N=C(/C=C3\N/C(=C(/C)C4=NC(C)(C5N=C1[C@](C)(CCC(=O)NCC(C)O)[C@H]5CC(N)=O)[C@@](C)(CC(N)=O)[C@@H]4CCC(N)=O)[C@@](C)(CC(N)=O)[C@@H]3CCC(N)=O)C(C)(C)[C@@H]/2CCC(N)=O. The van der Waals surface area contributed by atoms with Gasteiger partial charge in [0, 0.05) is 131 Å². The van der Waals surface area contributed by atoms with Crippen LogP contribution in [0.3, 0.4) is 0 Å². The molecule has 1 saturated heterocycles. The molecule has 5 heterocycles. The lowest BCUT2D eigenvalue weighted by Gasteiger charge is -2.48. The largest absolute Gasteiger partial charge is 0.392 e. The number of primary amides is 6. The molecule has 19 heteroatoms. The van der Waals surface area contributed by atoms with Gasteiger partial charge >= 0.3 is 0 Å². The fraction of sp³-hybridized carbons (Fsp3) is 0.667. The predicted octanol–water partition coefficient (Wildman–Crippen LogP) is 1.74. The minimum absolute atomic E-state index is 0.0237. The number of hydrogen-bond donors (Lipinski definition) is 9. The first-order valence-electron chi connectivity index (χ1n) is 23.3. The topological polar surface area (TPSA) is 357 Å². The van der Waals surface area contributed by atoms with Crippen molar-refractivity contribution >= 4 is 58.5 Å². The third-order valence-corrected chi connectivity index (χ3v) is 16.1. The van der Waals surface area contributed by atoms with Crippen LogP contribution in [-0.4, -0.2) is 87.8 Å². The first-order valence-corrected chi connectivity index (χ1v) is 23.3. The van der Waals surface area contributed by atoms with Crippen LogP contribution < -0.4 is 45.0 Å². The minimum atomic E-state index is -1.39. The summed E-state index contributed by atoms with van der Waals surface area (Å²) in [6.45, 7) is 16.9. The molecule has 1 fully saturated rings. The zero-order valence-electron chi connectivity index (χ0n) is 40.6. The van der Waals surface area contributed by atoms with Crippen LogP contribution in [0.15, 0.2) is 49.3 Å². The number of fused-ring (bicyclic) bond motifs is 6. The number of amides is 7. The molecule has 3 unspecified atom stereocenters. The van der Waals surface area contributed by atoms with Crippen LogP contribution in [0.2, 0.25) is 0 Å². The number of allylic oxidation sites excluding steroid dienone is 6. The van der Waals surface area contributed by atoms with E-state index in [4.69, 9.17) is 49.4 Å². The van der Waals surface area contributed by atoms with E-state index >= 15 is 0 Å². The van der Waals surface area contributed by atoms with Crippen molar-refractivity contribution in [2.24, 2.45) is 94.7 Å². The molecule has 8 bridgehead atoms. The molecule has 7 amide bonds. The predicted molar refractivity (Wildman–Crippen MR) is 254 cm³/mol. The molecule has 5 rings (SSSR count). The van der Waals surface area contributed by atoms with Crippen molar-refractivity contribution in [3.63, 3.8) is 0 Å². The molecule has 5 aliphatic rings. The molecule has 67 heavy (non-hydrogen) atoms. The highest BCUT2D eigenvalue weighted by molar-refractivity contribution is 6.10. The number of aliphatic imine (C=N–C) groups is 3. The number of nitrogens with zero attached hydrogens (tertiary/aromatic N) is 3. The zero-order chi connectivity index (χ0) is 50.4. The monoisotopic (exact) mass is 932 g/mol. The number of rotatable bonds is 20. The van der Waals surface area contributed by atoms with Gasteiger partial charge in [0.1, 0.15) is 0 Å². The lowest BCUT2D eigenvalue weighted by atomic mass is 9.55. The van der Waals surface area contributed by atoms with Crippen LogP contribution in [0.5, 0.6) is 0 Å². The Morgan fingerprint density at radius 2 is 1.28 bits per heavy atom. The maximum atomic E-state index is 13.5. The van der Waals surface area contributed by atoms with Crippen molar-refractivity contribution in [2.75, 3.05) is 6.54 Å². The van der Waals surface area contributed by atoms with Crippen LogP contribution in [-0.2, 0) is 33.6 Å². The molecule has 368 valence electrons. The van der Waals surface area contributed by atoms with Crippen LogP contribution in [0.25, 0.3) is 0 Å². The number of nitrogens with two attached hydrogens (primary N) is 6. The first-order chi connectivity index (χ1) is 30.9. The third-order valence-electron chi connectivity index (χ3n) is 16.1. The first kappa shape index (κ1) is 52.3. The highest BCUT2D eigenvalue weighted by Crippen LogP contribution is 2.62. The van der Waals surface area contributed by atoms with E-state index in [1.165, 1.54) is 0 Å². The summed E-state index contributed by atoms with van der Waals surface area (Å²) in [5, 5.41) is 16.4. The smallest absolute Gasteiger partial charge is 0.220 e. The molecule has 0 aliphatic carbocycles. The van der Waals surface area contributed by atoms with E-state index in [0.717, 1.165) is 0 Å². The fourth-order valence-corrected chi connectivity index (χ4v) is 12.3. The second-order valence-electron chi connectivity index (χ2n) is 21.2. The van der Waals surface area contributed by atoms with E-state index in [1.807, 2.05) is 61.5 Å². The lowest BCUT2D eigenvalue weighted by molar-refractivity contribution is -0.124. The lowest BCUT2D eigenvalue weighted by Crippen LogP contribution is -2.56. The Labute approximate surface area is 393 Å². The average Bonchev–Trinajstić information content (AvgIpc) is 3.80. The maximum Gasteiger partial charge on any atom is 0.220 e. The van der Waals surface area contributed by atoms with Crippen molar-refractivity contribution in [2.45, 2.75) is 151 Å². The van der Waals surface area contributed by atoms with E-state index in [0.29, 0.717) is 51.8 Å². The highest BCUT2D eigenvalue weighted by Gasteiger charge is 2.66. The van der Waals surface area contributed by atoms with Crippen molar-refractivity contribution in [1.82, 2.24) is 10.6 Å². The van der Waals surface area contributed by atoms with Crippen LogP contribution in [0.4, 0.5) is 0 Å². The van der Waals surface area contributed by atoms with Gasteiger partial charge in [-0.3, -0.25) is 48.5 Å². The Morgan fingerprint density at radius 3 is 1.81 bits per heavy atom. The molecule has 0 saturated carbocycles. The van der Waals surface area contributed by atoms with E-state index in [2.05, 4.69) is 10.6 Å². The molecule has 0 aromatic carbocycles. The second kappa shape index (κ2) is 19.1. The summed E-state index contributed by atoms with van der Waals surface area (Å²) in [6.07, 6.45) is 1.23. The Hall–Kier alpha value is -5.72. The molecule has 0 spiro atoms. The number of aliphatic hydroxyl groups is 1. The molecule has 5 aliphatic heterocycles. The second-order valence-corrected chi connectivity index (χ2v) is 21.2. The normalized spacial score (nSPS) is 35.2. The van der Waals surface area contributed by atoms with E-state index in [1.54, 1.807) is 6.92 Å². The number of nitrogens with one attached hydrogen (secondary N) is 2. The van der Waals surface area contributed by atoms with Crippen LogP contribution in [0, 0.1) is 45.3 Å². The van der Waals surface area contributed by atoms with E-state index in [9.17, 15) is 38.7 Å². The summed E-state index contributed by atoms with van der Waals surface area (Å²) < 4.78 is 0. The molecule has 0 aromatic heterocycles. The Kier molecular flexibility index (Phi) is 14.9. The number of carbonyl (C=O) groups excluding carboxylic acids is 7. The van der Waals surface area contributed by atoms with Crippen molar-refractivity contribution in [3.8, 4) is 0 Å². The van der Waals surface area contributed by atoms with Gasteiger partial charge in [0.25, 0.3) is 0 Å². The van der Waals surface area contributed by atoms with E-state index in [-0.39, 0.29) is 76.7 Å². The summed E-state index contributed by atoms with van der Waals surface area (Å²) in [5.41, 5.74) is 34.9. The van der Waals surface area contributed by atoms with Gasteiger partial charge in [-0.1, -0.05) is 34.6 Å². The summed E-state index contributed by atoms with van der Waals surface area (Å²) in [6, 6.07) is -0.913. The van der Waals surface area contributed by atoms with E-state index < -0.39 is 98.5 Å². The van der Waals surface area contributed by atoms with Crippen LogP contribution in [0.1, 0.15) is 133 Å².